The van der Waals surface area contributed by atoms with Gasteiger partial charge in [0.1, 0.15) is 22.3 Å². The number of methoxy groups -OCH3 is 1. The smallest absolute Gasteiger partial charge is 0.257 e. The number of nitrogens with one attached hydrogen (secondary N) is 1. The Hall–Kier alpha value is -2.52. The number of amides is 2. The predicted octanol–water partition coefficient (Wildman–Crippen LogP) is 3.33. The fraction of sp³-hybridized carbons (Fsp3) is 0.368. The van der Waals surface area contributed by atoms with E-state index in [9.17, 15) is 9.59 Å². The number of hydrogen-bond donors (Lipinski definition) is 2. The maximum Gasteiger partial charge on any atom is 0.257 e. The molecule has 1 aliphatic heterocycles. The third kappa shape index (κ3) is 4.73. The fourth-order valence-corrected chi connectivity index (χ4v) is 3.84. The van der Waals surface area contributed by atoms with E-state index in [2.05, 4.69) is 15.3 Å². The Bertz CT molecular complexity index is 934. The van der Waals surface area contributed by atoms with Crippen LogP contribution in [-0.2, 0) is 0 Å². The molecule has 0 atom stereocenters. The molecule has 1 aliphatic rings. The summed E-state index contributed by atoms with van der Waals surface area (Å²) in [7, 11) is 1.51. The molecule has 2 heterocycles. The number of primary amides is 1. The number of thioether (sulfide) groups is 1. The van der Waals surface area contributed by atoms with Gasteiger partial charge in [0.2, 0.25) is 0 Å². The number of rotatable bonds is 6. The number of nitrogens with zero attached hydrogens (tertiary/aromatic N) is 3. The number of nitrogens with two attached hydrogens (primary N) is 1. The molecule has 0 radical (unpaired) electrons. The number of piperidine rings is 1. The summed E-state index contributed by atoms with van der Waals surface area (Å²) in [5, 5.41) is 3.41. The van der Waals surface area contributed by atoms with Crippen LogP contribution in [-0.4, -0.2) is 53.1 Å². The summed E-state index contributed by atoms with van der Waals surface area (Å²) in [5.74, 6) is -0.176. The van der Waals surface area contributed by atoms with Crippen molar-refractivity contribution in [1.29, 1.82) is 0 Å². The maximum atomic E-state index is 12.8. The third-order valence-electron chi connectivity index (χ3n) is 4.61. The molecule has 154 valence electrons. The lowest BCUT2D eigenvalue weighted by Gasteiger charge is -2.27. The minimum Gasteiger partial charge on any atom is -0.496 e. The molecule has 1 aromatic carbocycles. The van der Waals surface area contributed by atoms with Crippen LogP contribution in [0, 0.1) is 0 Å². The quantitative estimate of drug-likeness (QED) is 0.406. The number of benzene rings is 1. The molecular weight excluding hydrogens is 414 g/mol. The molecule has 2 aromatic rings. The van der Waals surface area contributed by atoms with E-state index in [1.807, 2.05) is 4.90 Å². The highest BCUT2D eigenvalue weighted by molar-refractivity contribution is 7.98. The van der Waals surface area contributed by atoms with Crippen LogP contribution in [0.3, 0.4) is 0 Å². The number of anilines is 2. The van der Waals surface area contributed by atoms with Crippen LogP contribution in [0.25, 0.3) is 0 Å². The van der Waals surface area contributed by atoms with Gasteiger partial charge < -0.3 is 20.7 Å². The Morgan fingerprint density at radius 2 is 1.97 bits per heavy atom. The normalized spacial score (nSPS) is 13.8. The number of ether oxygens (including phenoxy) is 1. The number of likely N-dealkylation sites (tertiary alicyclic amines) is 1. The van der Waals surface area contributed by atoms with Crippen molar-refractivity contribution in [3.05, 3.63) is 34.5 Å². The number of aromatic nitrogens is 2. The molecule has 0 aliphatic carbocycles. The summed E-state index contributed by atoms with van der Waals surface area (Å²) in [5.41, 5.74) is 6.49. The van der Waals surface area contributed by atoms with Crippen LogP contribution in [0.4, 0.5) is 11.5 Å². The number of halogens is 1. The molecule has 2 amide bonds. The van der Waals surface area contributed by atoms with E-state index < -0.39 is 5.91 Å². The number of carbonyl (C=O) groups is 2. The maximum absolute atomic E-state index is 12.8. The number of hydrogen-bond acceptors (Lipinski definition) is 7. The van der Waals surface area contributed by atoms with Crippen molar-refractivity contribution in [2.24, 2.45) is 5.73 Å². The van der Waals surface area contributed by atoms with E-state index in [4.69, 9.17) is 22.1 Å². The van der Waals surface area contributed by atoms with Gasteiger partial charge in [-0.05, 0) is 37.7 Å². The highest BCUT2D eigenvalue weighted by atomic mass is 35.5. The monoisotopic (exact) mass is 435 g/mol. The van der Waals surface area contributed by atoms with Crippen LogP contribution in [0.1, 0.15) is 40.0 Å². The van der Waals surface area contributed by atoms with Gasteiger partial charge in [-0.15, -0.1) is 0 Å². The van der Waals surface area contributed by atoms with Gasteiger partial charge in [0, 0.05) is 24.8 Å². The van der Waals surface area contributed by atoms with Gasteiger partial charge in [-0.3, -0.25) is 9.59 Å². The second-order valence-electron chi connectivity index (χ2n) is 6.48. The fourth-order valence-electron chi connectivity index (χ4n) is 3.16. The molecule has 10 heteroatoms. The first kappa shape index (κ1) is 21.2. The standard InChI is InChI=1S/C19H22ClN5O3S/c1-28-13-10-11(6-7-12(13)18(27)25-8-4-3-5-9-25)22-17-14(16(21)26)15(20)23-19(24-17)29-2/h6-7,10H,3-5,8-9H2,1-2H3,(H2,21,26)(H,22,23,24). The minimum absolute atomic E-state index is 0.00287. The van der Waals surface area contributed by atoms with Gasteiger partial charge in [-0.25, -0.2) is 9.97 Å². The average molecular weight is 436 g/mol. The molecular formula is C19H22ClN5O3S. The lowest BCUT2D eigenvalue weighted by Crippen LogP contribution is -2.35. The van der Waals surface area contributed by atoms with Crippen LogP contribution < -0.4 is 15.8 Å². The molecule has 0 bridgehead atoms. The highest BCUT2D eigenvalue weighted by Gasteiger charge is 2.22. The first-order valence-corrected chi connectivity index (χ1v) is 10.7. The van der Waals surface area contributed by atoms with Gasteiger partial charge in [-0.1, -0.05) is 23.4 Å². The van der Waals surface area contributed by atoms with E-state index in [-0.39, 0.29) is 22.4 Å². The summed E-state index contributed by atoms with van der Waals surface area (Å²) >= 11 is 7.39. The van der Waals surface area contributed by atoms with Gasteiger partial charge in [0.25, 0.3) is 11.8 Å². The van der Waals surface area contributed by atoms with Crippen LogP contribution in [0.2, 0.25) is 5.15 Å². The summed E-state index contributed by atoms with van der Waals surface area (Å²) in [6, 6.07) is 5.09. The van der Waals surface area contributed by atoms with Crippen LogP contribution in [0.5, 0.6) is 5.75 Å². The average Bonchev–Trinajstić information content (AvgIpc) is 2.73. The van der Waals surface area contributed by atoms with Crippen molar-refractivity contribution in [3.8, 4) is 5.75 Å². The largest absolute Gasteiger partial charge is 0.496 e. The van der Waals surface area contributed by atoms with Crippen LogP contribution >= 0.6 is 23.4 Å². The zero-order chi connectivity index (χ0) is 21.0. The van der Waals surface area contributed by atoms with Crippen LogP contribution in [0.15, 0.2) is 23.4 Å². The van der Waals surface area contributed by atoms with Gasteiger partial charge in [0.15, 0.2) is 5.16 Å². The number of carbonyl (C=O) groups excluding carboxylic acids is 2. The molecule has 0 saturated carbocycles. The van der Waals surface area contributed by atoms with Crippen molar-refractivity contribution in [2.45, 2.75) is 24.4 Å². The summed E-state index contributed by atoms with van der Waals surface area (Å²) in [6.45, 7) is 1.50. The minimum atomic E-state index is -0.742. The summed E-state index contributed by atoms with van der Waals surface area (Å²) in [4.78, 5) is 34.8. The van der Waals surface area contributed by atoms with E-state index in [1.165, 1.54) is 18.9 Å². The van der Waals surface area contributed by atoms with E-state index in [1.54, 1.807) is 24.5 Å². The molecule has 29 heavy (non-hydrogen) atoms. The van der Waals surface area contributed by atoms with E-state index >= 15 is 0 Å². The SMILES string of the molecule is COc1cc(Nc2nc(SC)nc(Cl)c2C(N)=O)ccc1C(=O)N1CCCCC1. The Balaban J connectivity index is 1.92. The molecule has 3 rings (SSSR count). The second kappa shape index (κ2) is 9.32. The van der Waals surface area contributed by atoms with E-state index in [0.29, 0.717) is 22.2 Å². The van der Waals surface area contributed by atoms with Crippen molar-refractivity contribution in [1.82, 2.24) is 14.9 Å². The molecule has 3 N–H and O–H groups in total. The first-order chi connectivity index (χ1) is 13.9. The van der Waals surface area contributed by atoms with Gasteiger partial charge >= 0.3 is 0 Å². The molecule has 1 fully saturated rings. The molecule has 0 spiro atoms. The van der Waals surface area contributed by atoms with Gasteiger partial charge in [-0.2, -0.15) is 0 Å². The second-order valence-corrected chi connectivity index (χ2v) is 7.61. The Morgan fingerprint density at radius 1 is 1.24 bits per heavy atom. The highest BCUT2D eigenvalue weighted by Crippen LogP contribution is 2.30. The van der Waals surface area contributed by atoms with Crippen molar-refractivity contribution in [3.63, 3.8) is 0 Å². The van der Waals surface area contributed by atoms with Crippen molar-refractivity contribution in [2.75, 3.05) is 31.8 Å². The molecule has 1 saturated heterocycles. The Labute approximate surface area is 178 Å². The van der Waals surface area contributed by atoms with Gasteiger partial charge in [0.05, 0.1) is 12.7 Å². The Morgan fingerprint density at radius 3 is 2.59 bits per heavy atom. The molecule has 1 aromatic heterocycles. The predicted molar refractivity (Wildman–Crippen MR) is 113 cm³/mol. The lowest BCUT2D eigenvalue weighted by atomic mass is 10.1. The first-order valence-electron chi connectivity index (χ1n) is 9.10. The van der Waals surface area contributed by atoms with Crippen molar-refractivity contribution < 1.29 is 14.3 Å². The topological polar surface area (TPSA) is 110 Å². The zero-order valence-electron chi connectivity index (χ0n) is 16.2. The molecule has 0 unspecified atom stereocenters. The summed E-state index contributed by atoms with van der Waals surface area (Å²) in [6.07, 6.45) is 4.96. The summed E-state index contributed by atoms with van der Waals surface area (Å²) < 4.78 is 5.44. The Kier molecular flexibility index (Phi) is 6.81. The third-order valence-corrected chi connectivity index (χ3v) is 5.43. The van der Waals surface area contributed by atoms with Crippen molar-refractivity contribution >= 4 is 46.7 Å². The molecule has 8 nitrogen and oxygen atoms in total. The zero-order valence-corrected chi connectivity index (χ0v) is 17.8. The van der Waals surface area contributed by atoms with E-state index in [0.717, 1.165) is 32.4 Å². The lowest BCUT2D eigenvalue weighted by molar-refractivity contribution is 0.0721.